The van der Waals surface area contributed by atoms with Crippen LogP contribution >= 0.6 is 12.2 Å². The van der Waals surface area contributed by atoms with Crippen LogP contribution in [0.15, 0.2) is 47.7 Å². The summed E-state index contributed by atoms with van der Waals surface area (Å²) in [6.07, 6.45) is 3.16. The molecule has 0 aliphatic carbocycles. The highest BCUT2D eigenvalue weighted by Gasteiger charge is 1.98. The maximum absolute atomic E-state index is 5.75. The van der Waals surface area contributed by atoms with Crippen LogP contribution in [-0.2, 0) is 0 Å². The van der Waals surface area contributed by atoms with Crippen LogP contribution in [0.1, 0.15) is 5.69 Å². The van der Waals surface area contributed by atoms with Crippen LogP contribution in [0.5, 0.6) is 5.75 Å². The van der Waals surface area contributed by atoms with Crippen molar-refractivity contribution in [2.24, 2.45) is 5.10 Å². The number of nitrogens with zero attached hydrogens (tertiary/aromatic N) is 2. The quantitative estimate of drug-likeness (QED) is 0.455. The highest BCUT2D eigenvalue weighted by atomic mass is 32.1. The van der Waals surface area contributed by atoms with E-state index >= 15 is 0 Å². The number of anilines is 2. The second-order valence-electron chi connectivity index (χ2n) is 4.03. The van der Waals surface area contributed by atoms with Gasteiger partial charge in [0.15, 0.2) is 5.11 Å². The molecule has 0 aliphatic heterocycles. The zero-order valence-corrected chi connectivity index (χ0v) is 12.2. The second kappa shape index (κ2) is 7.20. The van der Waals surface area contributed by atoms with Crippen LogP contribution in [0.3, 0.4) is 0 Å². The molecule has 0 unspecified atom stereocenters. The fourth-order valence-corrected chi connectivity index (χ4v) is 1.69. The minimum Gasteiger partial charge on any atom is -0.497 e. The lowest BCUT2D eigenvalue weighted by Gasteiger charge is -2.07. The van der Waals surface area contributed by atoms with Gasteiger partial charge in [0.05, 0.1) is 19.0 Å². The van der Waals surface area contributed by atoms with E-state index in [1.807, 2.05) is 24.3 Å². The van der Waals surface area contributed by atoms with Crippen LogP contribution in [-0.4, -0.2) is 23.4 Å². The first-order valence-corrected chi connectivity index (χ1v) is 6.54. The molecule has 0 radical (unpaired) electrons. The molecule has 0 saturated heterocycles. The van der Waals surface area contributed by atoms with Gasteiger partial charge in [0.25, 0.3) is 0 Å². The number of pyridine rings is 1. The van der Waals surface area contributed by atoms with Gasteiger partial charge in [-0.2, -0.15) is 5.10 Å². The first-order valence-electron chi connectivity index (χ1n) is 6.13. The Hall–Kier alpha value is -2.67. The van der Waals surface area contributed by atoms with Crippen molar-refractivity contribution in [3.8, 4) is 5.75 Å². The Kier molecular flexibility index (Phi) is 5.05. The molecule has 7 heteroatoms. The maximum atomic E-state index is 5.75. The van der Waals surface area contributed by atoms with Gasteiger partial charge in [0, 0.05) is 11.9 Å². The minimum atomic E-state index is 0.367. The number of aromatic nitrogens is 1. The number of hydrazone groups is 1. The molecule has 0 amide bonds. The Bertz CT molecular complexity index is 642. The summed E-state index contributed by atoms with van der Waals surface area (Å²) in [7, 11) is 1.62. The molecule has 4 N–H and O–H groups in total. The summed E-state index contributed by atoms with van der Waals surface area (Å²) in [6, 6.07) is 10.9. The summed E-state index contributed by atoms with van der Waals surface area (Å²) in [5.74, 6) is 0.781. The number of methoxy groups -OCH3 is 1. The van der Waals surface area contributed by atoms with Crippen molar-refractivity contribution in [3.05, 3.63) is 48.3 Å². The Balaban J connectivity index is 1.88. The third-order valence-corrected chi connectivity index (χ3v) is 2.77. The van der Waals surface area contributed by atoms with E-state index in [1.165, 1.54) is 6.21 Å². The molecule has 2 aromatic rings. The number of ether oxygens (including phenoxy) is 1. The van der Waals surface area contributed by atoms with E-state index in [0.717, 1.165) is 11.4 Å². The number of hydrogen-bond acceptors (Lipinski definition) is 5. The summed E-state index contributed by atoms with van der Waals surface area (Å²) < 4.78 is 5.08. The van der Waals surface area contributed by atoms with Crippen LogP contribution in [0.2, 0.25) is 0 Å². The standard InChI is InChI=1S/C14H15N5OS/c1-20-11-6-4-10(5-7-11)18-14(21)19-17-9-13-12(15)3-2-8-16-13/h2-9H,15H2,1H3,(H2,18,19,21)/b17-9+. The maximum Gasteiger partial charge on any atom is 0.191 e. The number of benzene rings is 1. The molecule has 0 fully saturated rings. The largest absolute Gasteiger partial charge is 0.497 e. The molecule has 0 spiro atoms. The molecule has 0 saturated carbocycles. The summed E-state index contributed by atoms with van der Waals surface area (Å²) in [6.45, 7) is 0. The van der Waals surface area contributed by atoms with Gasteiger partial charge in [-0.1, -0.05) is 0 Å². The van der Waals surface area contributed by atoms with Crippen molar-refractivity contribution in [1.29, 1.82) is 0 Å². The lowest BCUT2D eigenvalue weighted by atomic mass is 10.3. The number of thiocarbonyl (C=S) groups is 1. The first-order chi connectivity index (χ1) is 10.2. The van der Waals surface area contributed by atoms with E-state index in [-0.39, 0.29) is 0 Å². The number of nitrogens with two attached hydrogens (primary N) is 1. The molecule has 0 bridgehead atoms. The zero-order chi connectivity index (χ0) is 15.1. The number of nitrogens with one attached hydrogen (secondary N) is 2. The van der Waals surface area contributed by atoms with Crippen molar-refractivity contribution >= 4 is 34.9 Å². The molecule has 1 aromatic heterocycles. The Morgan fingerprint density at radius 3 is 2.76 bits per heavy atom. The SMILES string of the molecule is COc1ccc(NC(=S)N/N=C/c2ncccc2N)cc1. The molecule has 108 valence electrons. The van der Waals surface area contributed by atoms with Crippen molar-refractivity contribution in [2.75, 3.05) is 18.2 Å². The molecule has 6 nitrogen and oxygen atoms in total. The Labute approximate surface area is 128 Å². The summed E-state index contributed by atoms with van der Waals surface area (Å²) >= 11 is 5.13. The Morgan fingerprint density at radius 1 is 1.33 bits per heavy atom. The van der Waals surface area contributed by atoms with Crippen molar-refractivity contribution in [1.82, 2.24) is 10.4 Å². The number of nitrogen functional groups attached to an aromatic ring is 1. The van der Waals surface area contributed by atoms with E-state index in [4.69, 9.17) is 22.7 Å². The van der Waals surface area contributed by atoms with Crippen LogP contribution in [0, 0.1) is 0 Å². The predicted molar refractivity (Wildman–Crippen MR) is 88.6 cm³/mol. The third-order valence-electron chi connectivity index (χ3n) is 2.57. The smallest absolute Gasteiger partial charge is 0.191 e. The van der Waals surface area contributed by atoms with Gasteiger partial charge in [-0.15, -0.1) is 0 Å². The van der Waals surface area contributed by atoms with Crippen molar-refractivity contribution in [3.63, 3.8) is 0 Å². The molecule has 21 heavy (non-hydrogen) atoms. The van der Waals surface area contributed by atoms with Crippen LogP contribution < -0.4 is 21.2 Å². The molecule has 1 aromatic carbocycles. The first kappa shape index (κ1) is 14.7. The lowest BCUT2D eigenvalue weighted by Crippen LogP contribution is -2.23. The fraction of sp³-hybridized carbons (Fsp3) is 0.0714. The number of hydrogen-bond donors (Lipinski definition) is 3. The van der Waals surface area contributed by atoms with E-state index in [9.17, 15) is 0 Å². The summed E-state index contributed by atoms with van der Waals surface area (Å²) in [5, 5.41) is 7.35. The topological polar surface area (TPSA) is 84.6 Å². The van der Waals surface area contributed by atoms with Gasteiger partial charge in [0.2, 0.25) is 0 Å². The van der Waals surface area contributed by atoms with Crippen LogP contribution in [0.25, 0.3) is 0 Å². The second-order valence-corrected chi connectivity index (χ2v) is 4.44. The van der Waals surface area contributed by atoms with E-state index < -0.39 is 0 Å². The molecule has 2 rings (SSSR count). The van der Waals surface area contributed by atoms with Gasteiger partial charge >= 0.3 is 0 Å². The summed E-state index contributed by atoms with van der Waals surface area (Å²) in [4.78, 5) is 4.09. The minimum absolute atomic E-state index is 0.367. The third kappa shape index (κ3) is 4.43. The monoisotopic (exact) mass is 301 g/mol. The van der Waals surface area contributed by atoms with Gasteiger partial charge in [-0.25, -0.2) is 0 Å². The van der Waals surface area contributed by atoms with E-state index in [1.54, 1.807) is 25.4 Å². The zero-order valence-electron chi connectivity index (χ0n) is 11.4. The van der Waals surface area contributed by atoms with Gasteiger partial charge in [-0.05, 0) is 48.6 Å². The molecule has 1 heterocycles. The Morgan fingerprint density at radius 2 is 2.10 bits per heavy atom. The summed E-state index contributed by atoms with van der Waals surface area (Å²) in [5.41, 5.74) is 10.4. The average Bonchev–Trinajstić information content (AvgIpc) is 2.50. The molecular weight excluding hydrogens is 286 g/mol. The van der Waals surface area contributed by atoms with E-state index in [0.29, 0.717) is 16.5 Å². The fourth-order valence-electron chi connectivity index (χ4n) is 1.52. The van der Waals surface area contributed by atoms with Gasteiger partial charge < -0.3 is 15.8 Å². The van der Waals surface area contributed by atoms with Crippen LogP contribution in [0.4, 0.5) is 11.4 Å². The van der Waals surface area contributed by atoms with E-state index in [2.05, 4.69) is 20.8 Å². The molecular formula is C14H15N5OS. The molecule has 0 atom stereocenters. The van der Waals surface area contributed by atoms with Crippen molar-refractivity contribution in [2.45, 2.75) is 0 Å². The highest BCUT2D eigenvalue weighted by Crippen LogP contribution is 2.14. The van der Waals surface area contributed by atoms with Gasteiger partial charge in [0.1, 0.15) is 11.4 Å². The van der Waals surface area contributed by atoms with Gasteiger partial charge in [-0.3, -0.25) is 10.4 Å². The highest BCUT2D eigenvalue weighted by molar-refractivity contribution is 7.80. The average molecular weight is 301 g/mol. The molecule has 0 aliphatic rings. The van der Waals surface area contributed by atoms with Crippen molar-refractivity contribution < 1.29 is 4.74 Å². The lowest BCUT2D eigenvalue weighted by molar-refractivity contribution is 0.415. The number of rotatable bonds is 4. The normalized spacial score (nSPS) is 10.3. The predicted octanol–water partition coefficient (Wildman–Crippen LogP) is 1.99.